The number of allylic oxidation sites excluding steroid dienone is 1. The first-order valence-corrected chi connectivity index (χ1v) is 4.10. The van der Waals surface area contributed by atoms with Gasteiger partial charge in [-0.3, -0.25) is 0 Å². The van der Waals surface area contributed by atoms with Crippen LogP contribution in [0.4, 0.5) is 8.78 Å². The maximum Gasteiger partial charge on any atom is 0.254 e. The molecule has 2 aliphatic rings. The van der Waals surface area contributed by atoms with Crippen LogP contribution in [0, 0.1) is 5.41 Å². The predicted octanol–water partition coefficient (Wildman–Crippen LogP) is 3.14. The normalized spacial score (nSPS) is 32.4. The van der Waals surface area contributed by atoms with Gasteiger partial charge in [0.1, 0.15) is 0 Å². The van der Waals surface area contributed by atoms with Gasteiger partial charge in [-0.25, -0.2) is 8.78 Å². The van der Waals surface area contributed by atoms with Crippen LogP contribution in [0.5, 0.6) is 0 Å². The van der Waals surface area contributed by atoms with Crippen LogP contribution in [-0.2, 0) is 0 Å². The lowest BCUT2D eigenvalue weighted by Gasteiger charge is -2.22. The van der Waals surface area contributed by atoms with Crippen LogP contribution in [0.1, 0.15) is 32.1 Å². The molecule has 11 heavy (non-hydrogen) atoms. The van der Waals surface area contributed by atoms with E-state index in [1.165, 1.54) is 0 Å². The van der Waals surface area contributed by atoms with Crippen molar-refractivity contribution in [3.8, 4) is 0 Å². The lowest BCUT2D eigenvalue weighted by Crippen LogP contribution is -2.15. The van der Waals surface area contributed by atoms with E-state index >= 15 is 0 Å². The summed E-state index contributed by atoms with van der Waals surface area (Å²) in [4.78, 5) is 0. The van der Waals surface area contributed by atoms with Crippen LogP contribution in [0.15, 0.2) is 12.2 Å². The van der Waals surface area contributed by atoms with E-state index in [4.69, 9.17) is 0 Å². The van der Waals surface area contributed by atoms with Gasteiger partial charge < -0.3 is 0 Å². The zero-order chi connectivity index (χ0) is 8.11. The van der Waals surface area contributed by atoms with E-state index in [1.807, 2.05) is 0 Å². The second-order valence-electron chi connectivity index (χ2n) is 3.91. The molecule has 0 unspecified atom stereocenters. The third-order valence-electron chi connectivity index (χ3n) is 3.13. The van der Waals surface area contributed by atoms with Gasteiger partial charge in [0.05, 0.1) is 0 Å². The number of halogens is 2. The van der Waals surface area contributed by atoms with Gasteiger partial charge in [0.15, 0.2) is 0 Å². The summed E-state index contributed by atoms with van der Waals surface area (Å²) in [5, 5.41) is 0. The van der Waals surface area contributed by atoms with Crippen molar-refractivity contribution >= 4 is 0 Å². The van der Waals surface area contributed by atoms with Gasteiger partial charge in [-0.05, 0) is 25.7 Å². The minimum atomic E-state index is -2.34. The maximum atomic E-state index is 12.8. The number of hydrogen-bond acceptors (Lipinski definition) is 0. The molecule has 2 rings (SSSR count). The highest BCUT2D eigenvalue weighted by molar-refractivity contribution is 5.16. The number of rotatable bonds is 0. The molecule has 2 heteroatoms. The van der Waals surface area contributed by atoms with Crippen molar-refractivity contribution in [2.24, 2.45) is 5.41 Å². The predicted molar refractivity (Wildman–Crippen MR) is 39.6 cm³/mol. The minimum absolute atomic E-state index is 0.132. The summed E-state index contributed by atoms with van der Waals surface area (Å²) in [5.41, 5.74) is 0.562. The molecule has 2 saturated carbocycles. The summed E-state index contributed by atoms with van der Waals surface area (Å²) < 4.78 is 25.5. The van der Waals surface area contributed by atoms with Gasteiger partial charge >= 0.3 is 0 Å². The Labute approximate surface area is 65.3 Å². The zero-order valence-electron chi connectivity index (χ0n) is 6.50. The quantitative estimate of drug-likeness (QED) is 0.475. The molecular weight excluding hydrogens is 146 g/mol. The lowest BCUT2D eigenvalue weighted by molar-refractivity contribution is 0.0528. The molecule has 0 aromatic rings. The van der Waals surface area contributed by atoms with Gasteiger partial charge in [-0.2, -0.15) is 0 Å². The summed E-state index contributed by atoms with van der Waals surface area (Å²) in [6.07, 6.45) is 3.09. The Hall–Kier alpha value is -0.400. The highest BCUT2D eigenvalue weighted by Crippen LogP contribution is 2.67. The number of alkyl halides is 2. The van der Waals surface area contributed by atoms with Gasteiger partial charge in [0.2, 0.25) is 0 Å². The van der Waals surface area contributed by atoms with Gasteiger partial charge in [-0.15, -0.1) is 0 Å². The summed E-state index contributed by atoms with van der Waals surface area (Å²) >= 11 is 0. The molecule has 0 heterocycles. The van der Waals surface area contributed by atoms with Gasteiger partial charge in [0.25, 0.3) is 5.92 Å². The summed E-state index contributed by atoms with van der Waals surface area (Å²) in [7, 11) is 0. The highest BCUT2D eigenvalue weighted by atomic mass is 19.3. The Bertz CT molecular complexity index is 196. The third kappa shape index (κ3) is 0.916. The first kappa shape index (κ1) is 7.26. The second-order valence-corrected chi connectivity index (χ2v) is 3.91. The van der Waals surface area contributed by atoms with Gasteiger partial charge in [0, 0.05) is 11.8 Å². The van der Waals surface area contributed by atoms with Crippen LogP contribution in [0.2, 0.25) is 0 Å². The average molecular weight is 158 g/mol. The van der Waals surface area contributed by atoms with E-state index in [1.54, 1.807) is 0 Å². The van der Waals surface area contributed by atoms with Crippen LogP contribution in [0.3, 0.4) is 0 Å². The van der Waals surface area contributed by atoms with E-state index in [0.717, 1.165) is 18.4 Å². The van der Waals surface area contributed by atoms with E-state index in [2.05, 4.69) is 6.58 Å². The highest BCUT2D eigenvalue weighted by Gasteiger charge is 2.70. The van der Waals surface area contributed by atoms with Crippen molar-refractivity contribution in [1.29, 1.82) is 0 Å². The lowest BCUT2D eigenvalue weighted by atomic mass is 9.83. The topological polar surface area (TPSA) is 0 Å². The molecule has 0 amide bonds. The molecule has 0 atom stereocenters. The largest absolute Gasteiger partial charge is 0.254 e. The molecule has 0 radical (unpaired) electrons. The van der Waals surface area contributed by atoms with Crippen molar-refractivity contribution in [3.05, 3.63) is 12.2 Å². The van der Waals surface area contributed by atoms with E-state index in [0.29, 0.717) is 12.8 Å². The standard InChI is InChI=1S/C9H12F2/c1-7-2-4-8(5-3-7)6-9(8,10)11/h1-6H2. The van der Waals surface area contributed by atoms with Crippen molar-refractivity contribution in [1.82, 2.24) is 0 Å². The summed E-state index contributed by atoms with van der Waals surface area (Å²) in [5.74, 6) is -2.34. The fraction of sp³-hybridized carbons (Fsp3) is 0.778. The number of hydrogen-bond donors (Lipinski definition) is 0. The third-order valence-corrected chi connectivity index (χ3v) is 3.13. The van der Waals surface area contributed by atoms with E-state index in [-0.39, 0.29) is 6.42 Å². The fourth-order valence-corrected chi connectivity index (χ4v) is 2.01. The molecule has 0 bridgehead atoms. The Balaban J connectivity index is 2.05. The average Bonchev–Trinajstić information content (AvgIpc) is 2.44. The van der Waals surface area contributed by atoms with Crippen LogP contribution < -0.4 is 0 Å². The molecule has 0 nitrogen and oxygen atoms in total. The summed E-state index contributed by atoms with van der Waals surface area (Å²) in [6.45, 7) is 3.81. The molecular formula is C9H12F2. The first-order valence-electron chi connectivity index (χ1n) is 4.10. The van der Waals surface area contributed by atoms with Crippen molar-refractivity contribution in [3.63, 3.8) is 0 Å². The zero-order valence-corrected chi connectivity index (χ0v) is 6.50. The Morgan fingerprint density at radius 2 is 1.64 bits per heavy atom. The molecule has 1 spiro atoms. The van der Waals surface area contributed by atoms with Crippen molar-refractivity contribution < 1.29 is 8.78 Å². The minimum Gasteiger partial charge on any atom is -0.206 e. The molecule has 2 aliphatic carbocycles. The molecule has 0 saturated heterocycles. The molecule has 0 aromatic heterocycles. The van der Waals surface area contributed by atoms with Crippen LogP contribution >= 0.6 is 0 Å². The van der Waals surface area contributed by atoms with Crippen LogP contribution in [0.25, 0.3) is 0 Å². The molecule has 62 valence electrons. The fourth-order valence-electron chi connectivity index (χ4n) is 2.01. The van der Waals surface area contributed by atoms with E-state index < -0.39 is 11.3 Å². The maximum absolute atomic E-state index is 12.8. The van der Waals surface area contributed by atoms with Crippen LogP contribution in [-0.4, -0.2) is 5.92 Å². The van der Waals surface area contributed by atoms with E-state index in [9.17, 15) is 8.78 Å². The second kappa shape index (κ2) is 1.85. The molecule has 2 fully saturated rings. The first-order chi connectivity index (χ1) is 5.06. The van der Waals surface area contributed by atoms with Crippen molar-refractivity contribution in [2.75, 3.05) is 0 Å². The van der Waals surface area contributed by atoms with Gasteiger partial charge in [-0.1, -0.05) is 12.2 Å². The Morgan fingerprint density at radius 3 is 2.00 bits per heavy atom. The SMILES string of the molecule is C=C1CCC2(CC1)CC2(F)F. The monoisotopic (exact) mass is 158 g/mol. The Kier molecular flexibility index (Phi) is 1.22. The Morgan fingerprint density at radius 1 is 1.18 bits per heavy atom. The molecule has 0 aliphatic heterocycles. The smallest absolute Gasteiger partial charge is 0.206 e. The molecule has 0 N–H and O–H groups in total. The van der Waals surface area contributed by atoms with Crippen molar-refractivity contribution in [2.45, 2.75) is 38.0 Å². The molecule has 0 aromatic carbocycles. The summed E-state index contributed by atoms with van der Waals surface area (Å²) in [6, 6.07) is 0.